The molecule has 0 bridgehead atoms. The van der Waals surface area contributed by atoms with Crippen LogP contribution in [-0.4, -0.2) is 34.6 Å². The Hall–Kier alpha value is -2.64. The molecule has 0 saturated carbocycles. The monoisotopic (exact) mass is 296 g/mol. The maximum Gasteiger partial charge on any atom is 0.326 e. The quantitative estimate of drug-likeness (QED) is 0.582. The zero-order chi connectivity index (χ0) is 16.0. The van der Waals surface area contributed by atoms with Gasteiger partial charge in [0.25, 0.3) is 11.6 Å². The molecule has 0 unspecified atom stereocenters. The molecule has 0 saturated heterocycles. The first-order valence-corrected chi connectivity index (χ1v) is 6.36. The normalized spacial score (nSPS) is 11.5. The summed E-state index contributed by atoms with van der Waals surface area (Å²) < 4.78 is 5.21. The van der Waals surface area contributed by atoms with Crippen molar-refractivity contribution in [2.45, 2.75) is 26.3 Å². The molecule has 0 aromatic heterocycles. The number of rotatable bonds is 7. The number of nitro benzene ring substituents is 1. The molecule has 1 atom stereocenters. The molecule has 1 aromatic rings. The van der Waals surface area contributed by atoms with Gasteiger partial charge in [-0.15, -0.1) is 0 Å². The number of ether oxygens (including phenoxy) is 1. The van der Waals surface area contributed by atoms with Gasteiger partial charge in [0, 0.05) is 6.07 Å². The van der Waals surface area contributed by atoms with Crippen LogP contribution in [0, 0.1) is 10.1 Å². The van der Waals surface area contributed by atoms with Crippen molar-refractivity contribution in [3.63, 3.8) is 0 Å². The van der Waals surface area contributed by atoms with Gasteiger partial charge in [0.05, 0.1) is 11.5 Å². The molecule has 0 heterocycles. The van der Waals surface area contributed by atoms with Gasteiger partial charge in [0.15, 0.2) is 5.56 Å². The third kappa shape index (κ3) is 3.91. The third-order valence-electron chi connectivity index (χ3n) is 2.74. The molecule has 2 N–H and O–H groups in total. The van der Waals surface area contributed by atoms with Crippen LogP contribution in [0.3, 0.4) is 0 Å². The zero-order valence-corrected chi connectivity index (χ0v) is 11.7. The standard InChI is InChI=1S/C13H16N2O6/c1-3-8(13(17)18)14-12(16)11-9(15(19)20)6-5-7-10(11)21-4-2/h5-8H,3-4H2,1-2H3,(H,14,16)(H,17,18)/t8-/m0/s1. The Labute approximate surface area is 120 Å². The minimum absolute atomic E-state index is 0.0458. The van der Waals surface area contributed by atoms with Gasteiger partial charge in [0.2, 0.25) is 0 Å². The number of carboxylic acids is 1. The second-order valence-electron chi connectivity index (χ2n) is 4.11. The van der Waals surface area contributed by atoms with Crippen LogP contribution in [0.1, 0.15) is 30.6 Å². The second-order valence-corrected chi connectivity index (χ2v) is 4.11. The first-order chi connectivity index (χ1) is 9.92. The van der Waals surface area contributed by atoms with Crippen molar-refractivity contribution in [1.29, 1.82) is 0 Å². The number of nitrogens with zero attached hydrogens (tertiary/aromatic N) is 1. The Morgan fingerprint density at radius 2 is 2.10 bits per heavy atom. The highest BCUT2D eigenvalue weighted by Gasteiger charge is 2.28. The van der Waals surface area contributed by atoms with Crippen molar-refractivity contribution in [3.8, 4) is 5.75 Å². The molecule has 1 aromatic carbocycles. The van der Waals surface area contributed by atoms with Crippen molar-refractivity contribution in [1.82, 2.24) is 5.32 Å². The number of hydrogen-bond acceptors (Lipinski definition) is 5. The van der Waals surface area contributed by atoms with Crippen molar-refractivity contribution < 1.29 is 24.4 Å². The van der Waals surface area contributed by atoms with Gasteiger partial charge in [-0.2, -0.15) is 0 Å². The summed E-state index contributed by atoms with van der Waals surface area (Å²) in [5.74, 6) is -2.01. The van der Waals surface area contributed by atoms with Crippen LogP contribution in [0.5, 0.6) is 5.75 Å². The number of carboxylic acid groups (broad SMARTS) is 1. The average Bonchev–Trinajstić information content (AvgIpc) is 2.44. The summed E-state index contributed by atoms with van der Waals surface area (Å²) in [6.07, 6.45) is 0.158. The number of benzene rings is 1. The van der Waals surface area contributed by atoms with Crippen LogP contribution in [0.25, 0.3) is 0 Å². The van der Waals surface area contributed by atoms with E-state index in [4.69, 9.17) is 9.84 Å². The summed E-state index contributed by atoms with van der Waals surface area (Å²) >= 11 is 0. The molecule has 8 nitrogen and oxygen atoms in total. The van der Waals surface area contributed by atoms with Gasteiger partial charge in [-0.1, -0.05) is 13.0 Å². The number of aliphatic carboxylic acids is 1. The van der Waals surface area contributed by atoms with E-state index in [0.29, 0.717) is 0 Å². The lowest BCUT2D eigenvalue weighted by Gasteiger charge is -2.14. The largest absolute Gasteiger partial charge is 0.493 e. The minimum Gasteiger partial charge on any atom is -0.493 e. The number of carbonyl (C=O) groups is 2. The summed E-state index contributed by atoms with van der Waals surface area (Å²) in [7, 11) is 0. The molecular formula is C13H16N2O6. The fourth-order valence-electron chi connectivity index (χ4n) is 1.74. The predicted molar refractivity (Wildman–Crippen MR) is 73.4 cm³/mol. The van der Waals surface area contributed by atoms with Crippen LogP contribution < -0.4 is 10.1 Å². The maximum atomic E-state index is 12.2. The Balaban J connectivity index is 3.22. The van der Waals surface area contributed by atoms with Crippen molar-refractivity contribution in [2.24, 2.45) is 0 Å². The van der Waals surface area contributed by atoms with E-state index in [1.807, 2.05) is 0 Å². The molecule has 114 valence electrons. The first kappa shape index (κ1) is 16.4. The van der Waals surface area contributed by atoms with Gasteiger partial charge in [-0.3, -0.25) is 14.9 Å². The summed E-state index contributed by atoms with van der Waals surface area (Å²) in [5, 5.41) is 22.2. The van der Waals surface area contributed by atoms with Crippen molar-refractivity contribution >= 4 is 17.6 Å². The maximum absolute atomic E-state index is 12.2. The summed E-state index contributed by atoms with van der Waals surface area (Å²) in [4.78, 5) is 33.4. The molecule has 1 rings (SSSR count). The molecule has 1 amide bonds. The molecular weight excluding hydrogens is 280 g/mol. The van der Waals surface area contributed by atoms with Gasteiger partial charge in [0.1, 0.15) is 11.8 Å². The average molecular weight is 296 g/mol. The van der Waals surface area contributed by atoms with E-state index in [2.05, 4.69) is 5.32 Å². The Bertz CT molecular complexity index is 558. The third-order valence-corrected chi connectivity index (χ3v) is 2.74. The summed E-state index contributed by atoms with van der Waals surface area (Å²) in [6, 6.07) is 2.87. The van der Waals surface area contributed by atoms with E-state index in [0.717, 1.165) is 0 Å². The van der Waals surface area contributed by atoms with Crippen LogP contribution >= 0.6 is 0 Å². The van der Waals surface area contributed by atoms with E-state index in [-0.39, 0.29) is 24.3 Å². The predicted octanol–water partition coefficient (Wildman–Crippen LogP) is 1.59. The SMILES string of the molecule is CCOc1cccc([N+](=O)[O-])c1C(=O)N[C@@H](CC)C(=O)O. The van der Waals surface area contributed by atoms with Crippen LogP contribution in [-0.2, 0) is 4.79 Å². The number of amides is 1. The topological polar surface area (TPSA) is 119 Å². The molecule has 0 spiro atoms. The summed E-state index contributed by atoms with van der Waals surface area (Å²) in [6.45, 7) is 3.48. The van der Waals surface area contributed by atoms with E-state index < -0.39 is 28.5 Å². The molecule has 0 aliphatic heterocycles. The van der Waals surface area contributed by atoms with Crippen molar-refractivity contribution in [2.75, 3.05) is 6.61 Å². The highest BCUT2D eigenvalue weighted by molar-refractivity contribution is 6.02. The minimum atomic E-state index is -1.21. The van der Waals surface area contributed by atoms with Crippen LogP contribution in [0.4, 0.5) is 5.69 Å². The lowest BCUT2D eigenvalue weighted by molar-refractivity contribution is -0.385. The first-order valence-electron chi connectivity index (χ1n) is 6.36. The van der Waals surface area contributed by atoms with Gasteiger partial charge >= 0.3 is 5.97 Å². The molecule has 21 heavy (non-hydrogen) atoms. The molecule has 0 fully saturated rings. The van der Waals surface area contributed by atoms with E-state index in [9.17, 15) is 19.7 Å². The highest BCUT2D eigenvalue weighted by Crippen LogP contribution is 2.28. The van der Waals surface area contributed by atoms with E-state index in [1.165, 1.54) is 18.2 Å². The lowest BCUT2D eigenvalue weighted by Crippen LogP contribution is -2.40. The fraction of sp³-hybridized carbons (Fsp3) is 0.385. The Kier molecular flexibility index (Phi) is 5.65. The number of nitrogens with one attached hydrogen (secondary N) is 1. The Morgan fingerprint density at radius 3 is 2.57 bits per heavy atom. The van der Waals surface area contributed by atoms with Gasteiger partial charge < -0.3 is 15.2 Å². The number of nitro groups is 1. The Morgan fingerprint density at radius 1 is 1.43 bits per heavy atom. The molecule has 0 aliphatic carbocycles. The van der Waals surface area contributed by atoms with E-state index >= 15 is 0 Å². The van der Waals surface area contributed by atoms with Crippen LogP contribution in [0.2, 0.25) is 0 Å². The molecule has 8 heteroatoms. The van der Waals surface area contributed by atoms with Gasteiger partial charge in [-0.05, 0) is 19.4 Å². The zero-order valence-electron chi connectivity index (χ0n) is 11.7. The van der Waals surface area contributed by atoms with Crippen LogP contribution in [0.15, 0.2) is 18.2 Å². The lowest BCUT2D eigenvalue weighted by atomic mass is 10.1. The summed E-state index contributed by atoms with van der Waals surface area (Å²) in [5.41, 5.74) is -0.706. The number of carbonyl (C=O) groups excluding carboxylic acids is 1. The van der Waals surface area contributed by atoms with E-state index in [1.54, 1.807) is 13.8 Å². The highest BCUT2D eigenvalue weighted by atomic mass is 16.6. The fourth-order valence-corrected chi connectivity index (χ4v) is 1.74. The molecule has 0 aliphatic rings. The number of hydrogen-bond donors (Lipinski definition) is 2. The van der Waals surface area contributed by atoms with Gasteiger partial charge in [-0.25, -0.2) is 4.79 Å². The van der Waals surface area contributed by atoms with Crippen molar-refractivity contribution in [3.05, 3.63) is 33.9 Å². The smallest absolute Gasteiger partial charge is 0.326 e. The molecule has 0 radical (unpaired) electrons. The second kappa shape index (κ2) is 7.22.